The maximum Gasteiger partial charge on any atom is 0.311 e. The Balaban J connectivity index is 2.15. The molecule has 2 N–H and O–H groups in total. The van der Waals surface area contributed by atoms with Crippen molar-refractivity contribution < 1.29 is 19.4 Å². The number of carbonyl (C=O) groups is 2. The van der Waals surface area contributed by atoms with Crippen molar-refractivity contribution in [3.05, 3.63) is 0 Å². The van der Waals surface area contributed by atoms with Crippen LogP contribution in [0.15, 0.2) is 0 Å². The van der Waals surface area contributed by atoms with Crippen LogP contribution < -0.4 is 5.32 Å². The van der Waals surface area contributed by atoms with Crippen molar-refractivity contribution >= 4 is 11.9 Å². The van der Waals surface area contributed by atoms with E-state index >= 15 is 0 Å². The van der Waals surface area contributed by atoms with Gasteiger partial charge in [-0.25, -0.2) is 0 Å². The van der Waals surface area contributed by atoms with Crippen LogP contribution in [-0.2, 0) is 14.3 Å². The van der Waals surface area contributed by atoms with Crippen molar-refractivity contribution in [3.8, 4) is 0 Å². The summed E-state index contributed by atoms with van der Waals surface area (Å²) in [5, 5.41) is 12.7. The Morgan fingerprint density at radius 1 is 1.29 bits per heavy atom. The molecule has 0 saturated carbocycles. The summed E-state index contributed by atoms with van der Waals surface area (Å²) >= 11 is 0. The number of likely N-dealkylation sites (tertiary alicyclic amines) is 1. The second-order valence-electron chi connectivity index (χ2n) is 6.66. The van der Waals surface area contributed by atoms with Gasteiger partial charge in [-0.1, -0.05) is 0 Å². The number of rotatable bonds is 4. The molecule has 120 valence electrons. The number of methoxy groups -OCH3 is 1. The Morgan fingerprint density at radius 2 is 1.95 bits per heavy atom. The molecule has 0 aromatic heterocycles. The second-order valence-corrected chi connectivity index (χ2v) is 6.66. The fourth-order valence-electron chi connectivity index (χ4n) is 3.52. The molecule has 21 heavy (non-hydrogen) atoms. The van der Waals surface area contributed by atoms with Crippen LogP contribution in [0.5, 0.6) is 0 Å². The maximum atomic E-state index is 13.0. The first kappa shape index (κ1) is 16.2. The molecule has 6 heteroatoms. The number of nitrogens with one attached hydrogen (secondary N) is 1. The highest BCUT2D eigenvalue weighted by atomic mass is 16.5. The molecular weight excluding hydrogens is 272 g/mol. The largest absolute Gasteiger partial charge is 0.481 e. The highest BCUT2D eigenvalue weighted by Gasteiger charge is 2.46. The molecule has 2 saturated heterocycles. The van der Waals surface area contributed by atoms with Crippen LogP contribution >= 0.6 is 0 Å². The number of ether oxygens (including phenoxy) is 1. The summed E-state index contributed by atoms with van der Waals surface area (Å²) in [4.78, 5) is 26.2. The van der Waals surface area contributed by atoms with Crippen LogP contribution in [0.1, 0.15) is 32.6 Å². The summed E-state index contributed by atoms with van der Waals surface area (Å²) in [5.74, 6) is -0.746. The molecule has 0 bridgehead atoms. The van der Waals surface area contributed by atoms with Crippen molar-refractivity contribution in [2.24, 2.45) is 10.8 Å². The van der Waals surface area contributed by atoms with Crippen molar-refractivity contribution in [3.63, 3.8) is 0 Å². The SMILES string of the molecule is COCC1(C(=O)N2CCCC(C)(C(=O)O)C2)CCNCC1. The molecule has 1 atom stereocenters. The highest BCUT2D eigenvalue weighted by molar-refractivity contribution is 5.84. The Kier molecular flexibility index (Phi) is 4.88. The third-order valence-electron chi connectivity index (χ3n) is 4.93. The minimum atomic E-state index is -0.824. The van der Waals surface area contributed by atoms with Crippen LogP contribution in [0.4, 0.5) is 0 Å². The molecule has 2 aliphatic rings. The quantitative estimate of drug-likeness (QED) is 0.799. The maximum absolute atomic E-state index is 13.0. The van der Waals surface area contributed by atoms with Gasteiger partial charge in [-0.05, 0) is 45.7 Å². The second kappa shape index (κ2) is 6.32. The van der Waals surface area contributed by atoms with Gasteiger partial charge in [-0.2, -0.15) is 0 Å². The average Bonchev–Trinajstić information content (AvgIpc) is 2.47. The fourth-order valence-corrected chi connectivity index (χ4v) is 3.52. The molecule has 1 amide bonds. The van der Waals surface area contributed by atoms with Gasteiger partial charge < -0.3 is 20.1 Å². The Morgan fingerprint density at radius 3 is 2.52 bits per heavy atom. The van der Waals surface area contributed by atoms with Gasteiger partial charge >= 0.3 is 5.97 Å². The van der Waals surface area contributed by atoms with Crippen molar-refractivity contribution in [1.29, 1.82) is 0 Å². The lowest BCUT2D eigenvalue weighted by Gasteiger charge is -2.44. The average molecular weight is 298 g/mol. The molecule has 2 fully saturated rings. The minimum absolute atomic E-state index is 0.0676. The molecule has 2 aliphatic heterocycles. The zero-order chi connectivity index (χ0) is 15.5. The summed E-state index contributed by atoms with van der Waals surface area (Å²) in [6.45, 7) is 4.72. The van der Waals surface area contributed by atoms with Crippen LogP contribution in [0.2, 0.25) is 0 Å². The predicted molar refractivity (Wildman–Crippen MR) is 78.0 cm³/mol. The zero-order valence-corrected chi connectivity index (χ0v) is 13.0. The van der Waals surface area contributed by atoms with Gasteiger partial charge in [0, 0.05) is 20.2 Å². The predicted octanol–water partition coefficient (Wildman–Crippen LogP) is 0.716. The smallest absolute Gasteiger partial charge is 0.311 e. The van der Waals surface area contributed by atoms with Crippen LogP contribution in [0.25, 0.3) is 0 Å². The van der Waals surface area contributed by atoms with E-state index in [0.29, 0.717) is 26.1 Å². The lowest BCUT2D eigenvalue weighted by atomic mass is 9.76. The van der Waals surface area contributed by atoms with Gasteiger partial charge in [0.05, 0.1) is 17.4 Å². The lowest BCUT2D eigenvalue weighted by molar-refractivity contribution is -0.159. The van der Waals surface area contributed by atoms with E-state index in [1.54, 1.807) is 18.9 Å². The first-order valence-corrected chi connectivity index (χ1v) is 7.66. The summed E-state index contributed by atoms with van der Waals surface area (Å²) in [6, 6.07) is 0. The third-order valence-corrected chi connectivity index (χ3v) is 4.93. The molecule has 2 rings (SSSR count). The summed E-state index contributed by atoms with van der Waals surface area (Å²) in [6.07, 6.45) is 2.88. The van der Waals surface area contributed by atoms with E-state index in [1.807, 2.05) is 0 Å². The van der Waals surface area contributed by atoms with E-state index in [9.17, 15) is 14.7 Å². The number of hydrogen-bond acceptors (Lipinski definition) is 4. The molecular formula is C15H26N2O4. The first-order chi connectivity index (χ1) is 9.93. The molecule has 6 nitrogen and oxygen atoms in total. The Bertz CT molecular complexity index is 401. The highest BCUT2D eigenvalue weighted by Crippen LogP contribution is 2.36. The van der Waals surface area contributed by atoms with Gasteiger partial charge in [0.15, 0.2) is 0 Å². The van der Waals surface area contributed by atoms with Crippen molar-refractivity contribution in [1.82, 2.24) is 10.2 Å². The van der Waals surface area contributed by atoms with E-state index in [0.717, 1.165) is 32.4 Å². The summed E-state index contributed by atoms with van der Waals surface area (Å²) in [5.41, 5.74) is -1.31. The number of hydrogen-bond donors (Lipinski definition) is 2. The molecule has 2 heterocycles. The van der Waals surface area contributed by atoms with Crippen molar-refractivity contribution in [2.45, 2.75) is 32.6 Å². The number of nitrogens with zero attached hydrogens (tertiary/aromatic N) is 1. The molecule has 0 aromatic rings. The monoisotopic (exact) mass is 298 g/mol. The Hall–Kier alpha value is -1.14. The third kappa shape index (κ3) is 3.21. The number of carboxylic acids is 1. The lowest BCUT2D eigenvalue weighted by Crippen LogP contribution is -2.56. The molecule has 1 unspecified atom stereocenters. The zero-order valence-electron chi connectivity index (χ0n) is 13.0. The standard InChI is InChI=1S/C15H26N2O4/c1-14(13(19)20)4-3-9-17(10-14)12(18)15(11-21-2)5-7-16-8-6-15/h16H,3-11H2,1-2H3,(H,19,20). The fraction of sp³-hybridized carbons (Fsp3) is 0.867. The Labute approximate surface area is 125 Å². The van der Waals surface area contributed by atoms with E-state index in [-0.39, 0.29) is 5.91 Å². The van der Waals surface area contributed by atoms with E-state index in [2.05, 4.69) is 5.32 Å². The van der Waals surface area contributed by atoms with Gasteiger partial charge in [-0.15, -0.1) is 0 Å². The molecule has 0 aliphatic carbocycles. The number of carbonyl (C=O) groups excluding carboxylic acids is 1. The van der Waals surface area contributed by atoms with Crippen LogP contribution in [0.3, 0.4) is 0 Å². The minimum Gasteiger partial charge on any atom is -0.481 e. The van der Waals surface area contributed by atoms with E-state index in [1.165, 1.54) is 0 Å². The normalized spacial score (nSPS) is 29.1. The number of carboxylic acid groups (broad SMARTS) is 1. The van der Waals surface area contributed by atoms with Gasteiger partial charge in [0.25, 0.3) is 0 Å². The number of piperidine rings is 2. The van der Waals surface area contributed by atoms with Crippen LogP contribution in [-0.4, -0.2) is 61.8 Å². The van der Waals surface area contributed by atoms with Gasteiger partial charge in [0.2, 0.25) is 5.91 Å². The number of amides is 1. The van der Waals surface area contributed by atoms with E-state index in [4.69, 9.17) is 4.74 Å². The first-order valence-electron chi connectivity index (χ1n) is 7.66. The summed E-state index contributed by atoms with van der Waals surface area (Å²) < 4.78 is 5.30. The van der Waals surface area contributed by atoms with Gasteiger partial charge in [0.1, 0.15) is 0 Å². The van der Waals surface area contributed by atoms with Gasteiger partial charge in [-0.3, -0.25) is 9.59 Å². The molecule has 0 aromatic carbocycles. The molecule has 0 radical (unpaired) electrons. The molecule has 0 spiro atoms. The van der Waals surface area contributed by atoms with Crippen molar-refractivity contribution in [2.75, 3.05) is 39.9 Å². The van der Waals surface area contributed by atoms with Crippen LogP contribution in [0, 0.1) is 10.8 Å². The summed E-state index contributed by atoms with van der Waals surface area (Å²) in [7, 11) is 1.62. The topological polar surface area (TPSA) is 78.9 Å². The number of aliphatic carboxylic acids is 1. The van der Waals surface area contributed by atoms with E-state index < -0.39 is 16.8 Å².